The molecule has 2 aliphatic rings. The van der Waals surface area contributed by atoms with Crippen molar-refractivity contribution in [1.82, 2.24) is 10.2 Å². The average molecular weight is 278 g/mol. The summed E-state index contributed by atoms with van der Waals surface area (Å²) in [5.74, 6) is 0.958. The number of hydrogen-bond donors (Lipinski definition) is 1. The number of carbonyl (C=O) groups excluding carboxylic acids is 1. The Hall–Kier alpha value is -0.870. The molecule has 1 aromatic rings. The van der Waals surface area contributed by atoms with Gasteiger partial charge < -0.3 is 5.32 Å². The summed E-state index contributed by atoms with van der Waals surface area (Å²) in [5.41, 5.74) is 1.45. The van der Waals surface area contributed by atoms with Crippen LogP contribution in [0.25, 0.3) is 0 Å². The van der Waals surface area contributed by atoms with E-state index in [1.807, 2.05) is 11.3 Å². The van der Waals surface area contributed by atoms with E-state index in [4.69, 9.17) is 0 Å². The number of carbonyl (C=O) groups is 1. The molecule has 0 bridgehead atoms. The lowest BCUT2D eigenvalue weighted by atomic mass is 9.98. The molecule has 3 nitrogen and oxygen atoms in total. The largest absolute Gasteiger partial charge is 0.355 e. The van der Waals surface area contributed by atoms with Gasteiger partial charge in [-0.15, -0.1) is 11.3 Å². The third-order valence-corrected chi connectivity index (χ3v) is 5.22. The zero-order valence-corrected chi connectivity index (χ0v) is 12.3. The van der Waals surface area contributed by atoms with Crippen LogP contribution in [-0.2, 0) is 11.2 Å². The van der Waals surface area contributed by atoms with Crippen molar-refractivity contribution in [1.29, 1.82) is 0 Å². The molecule has 3 rings (SSSR count). The molecule has 4 heteroatoms. The second kappa shape index (κ2) is 5.63. The predicted molar refractivity (Wildman–Crippen MR) is 78.4 cm³/mol. The molecule has 0 saturated heterocycles. The summed E-state index contributed by atoms with van der Waals surface area (Å²) in [6.45, 7) is 4.67. The first-order valence-electron chi connectivity index (χ1n) is 7.35. The fourth-order valence-electron chi connectivity index (χ4n) is 2.94. The van der Waals surface area contributed by atoms with Gasteiger partial charge in [0.25, 0.3) is 0 Å². The number of nitrogens with zero attached hydrogens (tertiary/aromatic N) is 1. The van der Waals surface area contributed by atoms with Gasteiger partial charge in [-0.05, 0) is 48.6 Å². The zero-order valence-electron chi connectivity index (χ0n) is 11.5. The maximum Gasteiger partial charge on any atom is 0.234 e. The first kappa shape index (κ1) is 13.1. The molecule has 1 saturated carbocycles. The number of rotatable bonds is 5. The van der Waals surface area contributed by atoms with Crippen molar-refractivity contribution in [3.05, 3.63) is 21.9 Å². The summed E-state index contributed by atoms with van der Waals surface area (Å²) >= 11 is 1.86. The second-order valence-electron chi connectivity index (χ2n) is 5.69. The highest BCUT2D eigenvalue weighted by molar-refractivity contribution is 7.10. The summed E-state index contributed by atoms with van der Waals surface area (Å²) < 4.78 is 0. The van der Waals surface area contributed by atoms with Gasteiger partial charge in [-0.25, -0.2) is 0 Å². The summed E-state index contributed by atoms with van der Waals surface area (Å²) in [7, 11) is 0. The van der Waals surface area contributed by atoms with E-state index in [9.17, 15) is 4.79 Å². The molecule has 1 amide bonds. The minimum atomic E-state index is 0.198. The van der Waals surface area contributed by atoms with Gasteiger partial charge >= 0.3 is 0 Å². The van der Waals surface area contributed by atoms with Crippen molar-refractivity contribution in [2.45, 2.75) is 38.6 Å². The van der Waals surface area contributed by atoms with Crippen molar-refractivity contribution >= 4 is 17.2 Å². The molecular weight excluding hydrogens is 256 g/mol. The molecule has 1 aliphatic carbocycles. The molecule has 2 heterocycles. The molecule has 1 N–H and O–H groups in total. The first-order valence-corrected chi connectivity index (χ1v) is 8.23. The van der Waals surface area contributed by atoms with Crippen LogP contribution in [0.2, 0.25) is 0 Å². The third kappa shape index (κ3) is 3.00. The van der Waals surface area contributed by atoms with E-state index >= 15 is 0 Å². The number of amides is 1. The van der Waals surface area contributed by atoms with Crippen LogP contribution in [0.5, 0.6) is 0 Å². The lowest BCUT2D eigenvalue weighted by Crippen LogP contribution is -2.42. The Bertz CT molecular complexity index is 453. The number of thiophene rings is 1. The predicted octanol–water partition coefficient (Wildman–Crippen LogP) is 2.58. The van der Waals surface area contributed by atoms with E-state index in [0.29, 0.717) is 12.6 Å². The Morgan fingerprint density at radius 3 is 3.11 bits per heavy atom. The summed E-state index contributed by atoms with van der Waals surface area (Å²) in [6, 6.07) is 2.67. The van der Waals surface area contributed by atoms with Crippen molar-refractivity contribution in [3.63, 3.8) is 0 Å². The Labute approximate surface area is 119 Å². The molecule has 104 valence electrons. The molecule has 1 aliphatic heterocycles. The Kier molecular flexibility index (Phi) is 3.89. The van der Waals surface area contributed by atoms with Gasteiger partial charge in [0.05, 0.1) is 6.54 Å². The molecule has 1 atom stereocenters. The monoisotopic (exact) mass is 278 g/mol. The van der Waals surface area contributed by atoms with Crippen LogP contribution in [0.15, 0.2) is 11.4 Å². The van der Waals surface area contributed by atoms with Crippen LogP contribution in [0.1, 0.15) is 42.7 Å². The lowest BCUT2D eigenvalue weighted by molar-refractivity contribution is -0.123. The fourth-order valence-corrected chi connectivity index (χ4v) is 3.86. The molecule has 0 spiro atoms. The first-order chi connectivity index (χ1) is 9.28. The van der Waals surface area contributed by atoms with Crippen molar-refractivity contribution in [2.75, 3.05) is 19.6 Å². The SMILES string of the molecule is CCC1c2ccsc2CCN1CC(=O)NCC1CC1. The Balaban J connectivity index is 1.59. The van der Waals surface area contributed by atoms with Crippen LogP contribution < -0.4 is 5.32 Å². The molecule has 1 unspecified atom stereocenters. The number of nitrogens with one attached hydrogen (secondary N) is 1. The van der Waals surface area contributed by atoms with Gasteiger partial charge in [0.1, 0.15) is 0 Å². The van der Waals surface area contributed by atoms with Crippen molar-refractivity contribution in [2.24, 2.45) is 5.92 Å². The van der Waals surface area contributed by atoms with E-state index in [-0.39, 0.29) is 5.91 Å². The molecule has 0 aromatic carbocycles. The minimum Gasteiger partial charge on any atom is -0.355 e. The van der Waals surface area contributed by atoms with Gasteiger partial charge in [-0.2, -0.15) is 0 Å². The number of fused-ring (bicyclic) bond motifs is 1. The van der Waals surface area contributed by atoms with Gasteiger partial charge in [-0.3, -0.25) is 9.69 Å². The fraction of sp³-hybridized carbons (Fsp3) is 0.667. The van der Waals surface area contributed by atoms with E-state index in [0.717, 1.165) is 31.8 Å². The Morgan fingerprint density at radius 2 is 2.37 bits per heavy atom. The van der Waals surface area contributed by atoms with E-state index in [1.54, 1.807) is 0 Å². The lowest BCUT2D eigenvalue weighted by Gasteiger charge is -2.34. The van der Waals surface area contributed by atoms with Crippen LogP contribution in [0, 0.1) is 5.92 Å². The van der Waals surface area contributed by atoms with E-state index in [1.165, 1.54) is 23.3 Å². The van der Waals surface area contributed by atoms with E-state index in [2.05, 4.69) is 28.6 Å². The van der Waals surface area contributed by atoms with Crippen LogP contribution in [0.4, 0.5) is 0 Å². The quantitative estimate of drug-likeness (QED) is 0.898. The van der Waals surface area contributed by atoms with Crippen molar-refractivity contribution in [3.8, 4) is 0 Å². The van der Waals surface area contributed by atoms with Crippen LogP contribution in [0.3, 0.4) is 0 Å². The van der Waals surface area contributed by atoms with Gasteiger partial charge in [0.2, 0.25) is 5.91 Å². The third-order valence-electron chi connectivity index (χ3n) is 4.22. The molecule has 0 radical (unpaired) electrons. The van der Waals surface area contributed by atoms with Crippen molar-refractivity contribution < 1.29 is 4.79 Å². The van der Waals surface area contributed by atoms with Gasteiger partial charge in [-0.1, -0.05) is 6.92 Å². The maximum atomic E-state index is 12.0. The summed E-state index contributed by atoms with van der Waals surface area (Å²) in [4.78, 5) is 15.9. The summed E-state index contributed by atoms with van der Waals surface area (Å²) in [5, 5.41) is 5.26. The standard InChI is InChI=1S/C15H22N2OS/c1-2-13-12-6-8-19-14(12)5-7-17(13)10-15(18)16-9-11-3-4-11/h6,8,11,13H,2-5,7,9-10H2,1H3,(H,16,18). The molecule has 1 fully saturated rings. The molecular formula is C15H22N2OS. The van der Waals surface area contributed by atoms with Gasteiger partial charge in [0, 0.05) is 24.0 Å². The Morgan fingerprint density at radius 1 is 1.53 bits per heavy atom. The minimum absolute atomic E-state index is 0.198. The molecule has 1 aromatic heterocycles. The smallest absolute Gasteiger partial charge is 0.234 e. The van der Waals surface area contributed by atoms with Gasteiger partial charge in [0.15, 0.2) is 0 Å². The normalized spacial score (nSPS) is 23.1. The maximum absolute atomic E-state index is 12.0. The number of hydrogen-bond acceptors (Lipinski definition) is 3. The van der Waals surface area contributed by atoms with Crippen LogP contribution >= 0.6 is 11.3 Å². The van der Waals surface area contributed by atoms with E-state index < -0.39 is 0 Å². The van der Waals surface area contributed by atoms with Crippen LogP contribution in [-0.4, -0.2) is 30.4 Å². The highest BCUT2D eigenvalue weighted by atomic mass is 32.1. The highest BCUT2D eigenvalue weighted by Gasteiger charge is 2.28. The second-order valence-corrected chi connectivity index (χ2v) is 6.69. The summed E-state index contributed by atoms with van der Waals surface area (Å²) in [6.07, 6.45) is 4.76. The molecule has 19 heavy (non-hydrogen) atoms. The topological polar surface area (TPSA) is 32.3 Å². The zero-order chi connectivity index (χ0) is 13.2. The average Bonchev–Trinajstić information content (AvgIpc) is 3.12. The highest BCUT2D eigenvalue weighted by Crippen LogP contribution is 2.34.